The Bertz CT molecular complexity index is 954. The summed E-state index contributed by atoms with van der Waals surface area (Å²) in [7, 11) is 0. The van der Waals surface area contributed by atoms with E-state index >= 15 is 0 Å². The number of phenolic OH excluding ortho intramolecular Hbond substituents is 1. The van der Waals surface area contributed by atoms with Gasteiger partial charge >= 0.3 is 0 Å². The maximum Gasteiger partial charge on any atom is 0.156 e. The number of nitrogens with one attached hydrogen (secondary N) is 2. The van der Waals surface area contributed by atoms with Crippen molar-refractivity contribution in [2.75, 3.05) is 18.4 Å². The summed E-state index contributed by atoms with van der Waals surface area (Å²) < 4.78 is 13.9. The molecule has 1 aliphatic rings. The van der Waals surface area contributed by atoms with Gasteiger partial charge in [0.05, 0.1) is 0 Å². The molecule has 1 aliphatic heterocycles. The normalized spacial score (nSPS) is 17.4. The number of aromatic nitrogens is 2. The maximum absolute atomic E-state index is 13.9. The zero-order valence-corrected chi connectivity index (χ0v) is 14.6. The topological polar surface area (TPSA) is 70.1 Å². The molecule has 4 rings (SSSR count). The Morgan fingerprint density at radius 1 is 1.15 bits per heavy atom. The lowest BCUT2D eigenvalue weighted by atomic mass is 10.0. The third-order valence-corrected chi connectivity index (χ3v) is 4.79. The third-order valence-electron chi connectivity index (χ3n) is 4.79. The van der Waals surface area contributed by atoms with Crippen LogP contribution in [0.15, 0.2) is 36.4 Å². The molecule has 134 valence electrons. The number of hydrogen-bond acceptors (Lipinski definition) is 5. The molecule has 0 spiro atoms. The van der Waals surface area contributed by atoms with Crippen LogP contribution in [0.3, 0.4) is 0 Å². The van der Waals surface area contributed by atoms with E-state index in [1.54, 1.807) is 12.1 Å². The number of aromatic hydroxyl groups is 1. The van der Waals surface area contributed by atoms with Crippen molar-refractivity contribution in [3.63, 3.8) is 0 Å². The summed E-state index contributed by atoms with van der Waals surface area (Å²) in [5, 5.41) is 27.1. The summed E-state index contributed by atoms with van der Waals surface area (Å²) in [6, 6.07) is 10.2. The monoisotopic (exact) mass is 352 g/mol. The van der Waals surface area contributed by atoms with E-state index in [0.29, 0.717) is 22.5 Å². The fourth-order valence-corrected chi connectivity index (χ4v) is 3.44. The lowest BCUT2D eigenvalue weighted by Gasteiger charge is -2.24. The second-order valence-electron chi connectivity index (χ2n) is 6.80. The van der Waals surface area contributed by atoms with Gasteiger partial charge in [-0.15, -0.1) is 10.2 Å². The molecule has 3 aromatic rings. The Balaban J connectivity index is 1.82. The van der Waals surface area contributed by atoms with Crippen LogP contribution in [-0.2, 0) is 0 Å². The van der Waals surface area contributed by atoms with E-state index in [2.05, 4.69) is 20.8 Å². The number of hydrogen-bond donors (Lipinski definition) is 3. The van der Waals surface area contributed by atoms with Gasteiger partial charge in [-0.1, -0.05) is 6.07 Å². The molecule has 2 aromatic carbocycles. The minimum Gasteiger partial charge on any atom is -0.507 e. The molecule has 0 amide bonds. The highest BCUT2D eigenvalue weighted by molar-refractivity contribution is 6.01. The Hall–Kier alpha value is -2.73. The molecule has 26 heavy (non-hydrogen) atoms. The molecular weight excluding hydrogens is 331 g/mol. The van der Waals surface area contributed by atoms with Crippen LogP contribution >= 0.6 is 0 Å². The molecule has 1 atom stereocenters. The highest BCUT2D eigenvalue weighted by Gasteiger charge is 2.18. The first-order chi connectivity index (χ1) is 12.6. The molecule has 1 aromatic heterocycles. The number of nitrogens with zero attached hydrogens (tertiary/aromatic N) is 2. The van der Waals surface area contributed by atoms with Crippen molar-refractivity contribution in [3.8, 4) is 17.0 Å². The predicted octanol–water partition coefficient (Wildman–Crippen LogP) is 3.61. The molecule has 2 heterocycles. The van der Waals surface area contributed by atoms with E-state index in [4.69, 9.17) is 0 Å². The van der Waals surface area contributed by atoms with E-state index in [-0.39, 0.29) is 17.6 Å². The van der Waals surface area contributed by atoms with Crippen molar-refractivity contribution in [2.45, 2.75) is 25.8 Å². The second kappa shape index (κ2) is 6.88. The Morgan fingerprint density at radius 2 is 2.04 bits per heavy atom. The van der Waals surface area contributed by atoms with Crippen molar-refractivity contribution in [1.82, 2.24) is 15.5 Å². The van der Waals surface area contributed by atoms with Crippen molar-refractivity contribution in [1.29, 1.82) is 0 Å². The fraction of sp³-hybridized carbons (Fsp3) is 0.300. The summed E-state index contributed by atoms with van der Waals surface area (Å²) in [6.07, 6.45) is 2.12. The largest absolute Gasteiger partial charge is 0.507 e. The van der Waals surface area contributed by atoms with Crippen LogP contribution in [0.4, 0.5) is 10.2 Å². The predicted molar refractivity (Wildman–Crippen MR) is 101 cm³/mol. The van der Waals surface area contributed by atoms with Gasteiger partial charge in [-0.05, 0) is 62.2 Å². The molecular formula is C20H21FN4O. The minimum atomic E-state index is -0.325. The van der Waals surface area contributed by atoms with Gasteiger partial charge in [-0.2, -0.15) is 0 Å². The standard InChI is InChI=1S/C20H21FN4O/c1-12-4-6-16(18(26)9-12)19-15-7-5-13(21)10-17(15)20(25-24-19)23-14-3-2-8-22-11-14/h4-7,9-10,14,22,26H,2-3,8,11H2,1H3,(H,23,25)/t14-/m1/s1. The first-order valence-corrected chi connectivity index (χ1v) is 8.85. The van der Waals surface area contributed by atoms with Crippen molar-refractivity contribution >= 4 is 16.6 Å². The van der Waals surface area contributed by atoms with Crippen LogP contribution in [0, 0.1) is 12.7 Å². The van der Waals surface area contributed by atoms with Gasteiger partial charge in [0.1, 0.15) is 17.3 Å². The maximum atomic E-state index is 13.9. The number of phenols is 1. The molecule has 3 N–H and O–H groups in total. The van der Waals surface area contributed by atoms with Crippen molar-refractivity contribution in [3.05, 3.63) is 47.8 Å². The average Bonchev–Trinajstić information content (AvgIpc) is 2.63. The van der Waals surface area contributed by atoms with E-state index < -0.39 is 0 Å². The number of benzene rings is 2. The second-order valence-corrected chi connectivity index (χ2v) is 6.80. The number of rotatable bonds is 3. The first-order valence-electron chi connectivity index (χ1n) is 8.85. The average molecular weight is 352 g/mol. The van der Waals surface area contributed by atoms with Crippen LogP contribution < -0.4 is 10.6 Å². The van der Waals surface area contributed by atoms with Crippen LogP contribution in [0.1, 0.15) is 18.4 Å². The smallest absolute Gasteiger partial charge is 0.156 e. The number of aryl methyl sites for hydroxylation is 1. The summed E-state index contributed by atoms with van der Waals surface area (Å²) in [6.45, 7) is 3.78. The van der Waals surface area contributed by atoms with Crippen LogP contribution in [0.5, 0.6) is 5.75 Å². The molecule has 1 fully saturated rings. The van der Waals surface area contributed by atoms with Crippen molar-refractivity contribution < 1.29 is 9.50 Å². The third kappa shape index (κ3) is 3.20. The van der Waals surface area contributed by atoms with Crippen LogP contribution in [-0.4, -0.2) is 34.4 Å². The number of fused-ring (bicyclic) bond motifs is 1. The lowest BCUT2D eigenvalue weighted by molar-refractivity contribution is 0.476. The van der Waals surface area contributed by atoms with Gasteiger partial charge in [-0.3, -0.25) is 0 Å². The molecule has 6 heteroatoms. The lowest BCUT2D eigenvalue weighted by Crippen LogP contribution is -2.38. The molecule has 0 bridgehead atoms. The minimum absolute atomic E-state index is 0.141. The molecule has 5 nitrogen and oxygen atoms in total. The fourth-order valence-electron chi connectivity index (χ4n) is 3.44. The van der Waals surface area contributed by atoms with Gasteiger partial charge in [-0.25, -0.2) is 4.39 Å². The number of anilines is 1. The zero-order valence-electron chi connectivity index (χ0n) is 14.6. The van der Waals surface area contributed by atoms with Gasteiger partial charge in [0, 0.05) is 28.9 Å². The van der Waals surface area contributed by atoms with E-state index in [1.165, 1.54) is 12.1 Å². The Labute approximate surface area is 151 Å². The number of piperidine rings is 1. The van der Waals surface area contributed by atoms with Crippen LogP contribution in [0.25, 0.3) is 22.0 Å². The van der Waals surface area contributed by atoms with Gasteiger partial charge in [0.15, 0.2) is 5.82 Å². The Kier molecular flexibility index (Phi) is 4.42. The van der Waals surface area contributed by atoms with E-state index in [0.717, 1.165) is 36.9 Å². The van der Waals surface area contributed by atoms with Crippen LogP contribution in [0.2, 0.25) is 0 Å². The number of halogens is 1. The van der Waals surface area contributed by atoms with Gasteiger partial charge < -0.3 is 15.7 Å². The highest BCUT2D eigenvalue weighted by atomic mass is 19.1. The SMILES string of the molecule is Cc1ccc(-c2nnc(N[C@@H]3CCCNC3)c3cc(F)ccc23)c(O)c1. The molecule has 0 unspecified atom stereocenters. The summed E-state index contributed by atoms with van der Waals surface area (Å²) in [5.74, 6) is 0.389. The highest BCUT2D eigenvalue weighted by Crippen LogP contribution is 2.35. The van der Waals surface area contributed by atoms with Gasteiger partial charge in [0.2, 0.25) is 0 Å². The first kappa shape index (κ1) is 16.7. The molecule has 0 radical (unpaired) electrons. The Morgan fingerprint density at radius 3 is 2.81 bits per heavy atom. The zero-order chi connectivity index (χ0) is 18.1. The summed E-state index contributed by atoms with van der Waals surface area (Å²) in [5.41, 5.74) is 2.09. The summed E-state index contributed by atoms with van der Waals surface area (Å²) in [4.78, 5) is 0. The molecule has 1 saturated heterocycles. The molecule has 0 saturated carbocycles. The summed E-state index contributed by atoms with van der Waals surface area (Å²) >= 11 is 0. The van der Waals surface area contributed by atoms with Gasteiger partial charge in [0.25, 0.3) is 0 Å². The van der Waals surface area contributed by atoms with Crippen molar-refractivity contribution in [2.24, 2.45) is 0 Å². The van der Waals surface area contributed by atoms with E-state index in [9.17, 15) is 9.50 Å². The quantitative estimate of drug-likeness (QED) is 0.672. The molecule has 0 aliphatic carbocycles. The van der Waals surface area contributed by atoms with E-state index in [1.807, 2.05) is 19.1 Å².